The predicted octanol–water partition coefficient (Wildman–Crippen LogP) is 5.02. The van der Waals surface area contributed by atoms with E-state index in [9.17, 15) is 0 Å². The van der Waals surface area contributed by atoms with Gasteiger partial charge in [0.15, 0.2) is 0 Å². The van der Waals surface area contributed by atoms with Gasteiger partial charge in [-0.15, -0.1) is 0 Å². The van der Waals surface area contributed by atoms with Crippen LogP contribution in [-0.4, -0.2) is 19.2 Å². The average Bonchev–Trinajstić information content (AvgIpc) is 2.40. The number of hydrogen-bond acceptors (Lipinski definition) is 2. The van der Waals surface area contributed by atoms with E-state index < -0.39 is 0 Å². The number of rotatable bonds is 10. The third-order valence-corrected chi connectivity index (χ3v) is 3.69. The fourth-order valence-electron chi connectivity index (χ4n) is 2.30. The summed E-state index contributed by atoms with van der Waals surface area (Å²) in [4.78, 5) is 0. The molecule has 0 aliphatic heterocycles. The Labute approximate surface area is 132 Å². The minimum atomic E-state index is 0.626. The van der Waals surface area contributed by atoms with Crippen molar-refractivity contribution >= 4 is 15.9 Å². The Bertz CT molecular complexity index is 368. The van der Waals surface area contributed by atoms with Crippen molar-refractivity contribution in [3.05, 3.63) is 28.7 Å². The first-order valence-electron chi connectivity index (χ1n) is 7.73. The van der Waals surface area contributed by atoms with E-state index in [0.29, 0.717) is 6.04 Å². The third-order valence-electron chi connectivity index (χ3n) is 3.20. The van der Waals surface area contributed by atoms with Crippen LogP contribution in [0.5, 0.6) is 5.75 Å². The molecule has 1 aromatic rings. The lowest BCUT2D eigenvalue weighted by molar-refractivity contribution is 0.287. The summed E-state index contributed by atoms with van der Waals surface area (Å²) in [5, 5.41) is 3.65. The summed E-state index contributed by atoms with van der Waals surface area (Å²) >= 11 is 3.46. The van der Waals surface area contributed by atoms with Crippen molar-refractivity contribution in [3.8, 4) is 5.75 Å². The van der Waals surface area contributed by atoms with Crippen LogP contribution in [0, 0.1) is 5.92 Å². The number of nitrogens with one attached hydrogen (secondary N) is 1. The summed E-state index contributed by atoms with van der Waals surface area (Å²) in [7, 11) is 0. The van der Waals surface area contributed by atoms with Crippen LogP contribution in [0.25, 0.3) is 0 Å². The molecule has 0 aliphatic rings. The summed E-state index contributed by atoms with van der Waals surface area (Å²) in [6.45, 7) is 8.70. The Kier molecular flexibility index (Phi) is 8.95. The number of hydrogen-bond donors (Lipinski definition) is 1. The molecule has 1 aromatic carbocycles. The van der Waals surface area contributed by atoms with Crippen molar-refractivity contribution in [1.82, 2.24) is 5.32 Å². The predicted molar refractivity (Wildman–Crippen MR) is 90.4 cm³/mol. The molecular weight excluding hydrogens is 314 g/mol. The molecule has 1 N–H and O–H groups in total. The summed E-state index contributed by atoms with van der Waals surface area (Å²) in [6.07, 6.45) is 4.73. The summed E-state index contributed by atoms with van der Waals surface area (Å²) in [6, 6.07) is 8.66. The Balaban J connectivity index is 2.25. The van der Waals surface area contributed by atoms with Gasteiger partial charge in [-0.2, -0.15) is 0 Å². The largest absolute Gasteiger partial charge is 0.494 e. The molecule has 1 unspecified atom stereocenters. The fourth-order valence-corrected chi connectivity index (χ4v) is 2.68. The second kappa shape index (κ2) is 10.2. The fraction of sp³-hybridized carbons (Fsp3) is 0.647. The normalized spacial score (nSPS) is 12.7. The Morgan fingerprint density at radius 1 is 1.30 bits per heavy atom. The SMILES string of the molecule is CCCNC(CCCOc1cccc(Br)c1)CC(C)C. The molecule has 0 radical (unpaired) electrons. The highest BCUT2D eigenvalue weighted by Crippen LogP contribution is 2.18. The highest BCUT2D eigenvalue weighted by molar-refractivity contribution is 9.10. The molecule has 0 saturated carbocycles. The van der Waals surface area contributed by atoms with Crippen molar-refractivity contribution in [1.29, 1.82) is 0 Å². The zero-order valence-corrected chi connectivity index (χ0v) is 14.6. The van der Waals surface area contributed by atoms with E-state index in [2.05, 4.69) is 42.0 Å². The van der Waals surface area contributed by atoms with Crippen LogP contribution in [0.2, 0.25) is 0 Å². The van der Waals surface area contributed by atoms with Crippen LogP contribution in [0.15, 0.2) is 28.7 Å². The smallest absolute Gasteiger partial charge is 0.120 e. The van der Waals surface area contributed by atoms with Crippen molar-refractivity contribution in [2.75, 3.05) is 13.2 Å². The van der Waals surface area contributed by atoms with E-state index in [4.69, 9.17) is 4.74 Å². The maximum atomic E-state index is 5.79. The van der Waals surface area contributed by atoms with Gasteiger partial charge in [-0.3, -0.25) is 0 Å². The molecule has 2 nitrogen and oxygen atoms in total. The summed E-state index contributed by atoms with van der Waals surface area (Å²) in [5.41, 5.74) is 0. The van der Waals surface area contributed by atoms with Crippen LogP contribution in [-0.2, 0) is 0 Å². The zero-order valence-electron chi connectivity index (χ0n) is 13.0. The quantitative estimate of drug-likeness (QED) is 0.603. The lowest BCUT2D eigenvalue weighted by Crippen LogP contribution is -2.31. The maximum Gasteiger partial charge on any atom is 0.120 e. The minimum absolute atomic E-state index is 0.626. The summed E-state index contributed by atoms with van der Waals surface area (Å²) < 4.78 is 6.86. The Morgan fingerprint density at radius 3 is 2.75 bits per heavy atom. The number of benzene rings is 1. The van der Waals surface area contributed by atoms with E-state index in [0.717, 1.165) is 35.7 Å². The monoisotopic (exact) mass is 341 g/mol. The first kappa shape index (κ1) is 17.5. The van der Waals surface area contributed by atoms with Crippen molar-refractivity contribution in [3.63, 3.8) is 0 Å². The van der Waals surface area contributed by atoms with Crippen LogP contribution < -0.4 is 10.1 Å². The maximum absolute atomic E-state index is 5.79. The van der Waals surface area contributed by atoms with Gasteiger partial charge in [-0.25, -0.2) is 0 Å². The first-order chi connectivity index (χ1) is 9.61. The van der Waals surface area contributed by atoms with E-state index in [1.165, 1.54) is 19.3 Å². The van der Waals surface area contributed by atoms with Crippen LogP contribution >= 0.6 is 15.9 Å². The highest BCUT2D eigenvalue weighted by Gasteiger charge is 2.09. The minimum Gasteiger partial charge on any atom is -0.494 e. The van der Waals surface area contributed by atoms with Gasteiger partial charge in [-0.1, -0.05) is 42.8 Å². The molecule has 1 rings (SSSR count). The van der Waals surface area contributed by atoms with E-state index in [1.54, 1.807) is 0 Å². The Hall–Kier alpha value is -0.540. The van der Waals surface area contributed by atoms with Gasteiger partial charge in [0.2, 0.25) is 0 Å². The molecule has 0 aromatic heterocycles. The van der Waals surface area contributed by atoms with Crippen molar-refractivity contribution in [2.45, 2.75) is 52.5 Å². The third kappa shape index (κ3) is 7.91. The molecule has 0 aliphatic carbocycles. The van der Waals surface area contributed by atoms with Gasteiger partial charge in [0.05, 0.1) is 6.61 Å². The van der Waals surface area contributed by atoms with Gasteiger partial charge >= 0.3 is 0 Å². The lowest BCUT2D eigenvalue weighted by Gasteiger charge is -2.20. The molecule has 1 atom stereocenters. The topological polar surface area (TPSA) is 21.3 Å². The summed E-state index contributed by atoms with van der Waals surface area (Å²) in [5.74, 6) is 1.69. The molecule has 0 heterocycles. The zero-order chi connectivity index (χ0) is 14.8. The van der Waals surface area contributed by atoms with E-state index in [-0.39, 0.29) is 0 Å². The van der Waals surface area contributed by atoms with Gasteiger partial charge in [-0.05, 0) is 56.3 Å². The number of ether oxygens (including phenoxy) is 1. The second-order valence-electron chi connectivity index (χ2n) is 5.73. The van der Waals surface area contributed by atoms with Crippen LogP contribution in [0.1, 0.15) is 46.5 Å². The van der Waals surface area contributed by atoms with Crippen LogP contribution in [0.3, 0.4) is 0 Å². The molecule has 3 heteroatoms. The molecule has 0 saturated heterocycles. The first-order valence-corrected chi connectivity index (χ1v) is 8.52. The van der Waals surface area contributed by atoms with Crippen molar-refractivity contribution < 1.29 is 4.74 Å². The molecule has 0 fully saturated rings. The molecule has 0 amide bonds. The van der Waals surface area contributed by atoms with Gasteiger partial charge in [0.25, 0.3) is 0 Å². The van der Waals surface area contributed by atoms with Crippen LogP contribution in [0.4, 0.5) is 0 Å². The standard InChI is InChI=1S/C17H28BrNO/c1-4-10-19-16(12-14(2)3)8-6-11-20-17-9-5-7-15(18)13-17/h5,7,9,13-14,16,19H,4,6,8,10-12H2,1-3H3. The van der Waals surface area contributed by atoms with E-state index in [1.807, 2.05) is 24.3 Å². The average molecular weight is 342 g/mol. The van der Waals surface area contributed by atoms with Gasteiger partial charge < -0.3 is 10.1 Å². The Morgan fingerprint density at radius 2 is 2.10 bits per heavy atom. The second-order valence-corrected chi connectivity index (χ2v) is 6.64. The molecule has 114 valence electrons. The molecule has 20 heavy (non-hydrogen) atoms. The van der Waals surface area contributed by atoms with Gasteiger partial charge in [0.1, 0.15) is 5.75 Å². The van der Waals surface area contributed by atoms with E-state index >= 15 is 0 Å². The highest BCUT2D eigenvalue weighted by atomic mass is 79.9. The number of halogens is 1. The lowest BCUT2D eigenvalue weighted by atomic mass is 10.00. The van der Waals surface area contributed by atoms with Crippen molar-refractivity contribution in [2.24, 2.45) is 5.92 Å². The van der Waals surface area contributed by atoms with Gasteiger partial charge in [0, 0.05) is 10.5 Å². The molecular formula is C17H28BrNO. The molecule has 0 bridgehead atoms. The molecule has 0 spiro atoms.